The highest BCUT2D eigenvalue weighted by Crippen LogP contribution is 2.26. The van der Waals surface area contributed by atoms with Crippen LogP contribution in [0.1, 0.15) is 10.5 Å². The summed E-state index contributed by atoms with van der Waals surface area (Å²) in [6.45, 7) is 0. The Kier molecular flexibility index (Phi) is 3.16. The van der Waals surface area contributed by atoms with Crippen LogP contribution < -0.4 is 4.74 Å². The molecule has 5 nitrogen and oxygen atoms in total. The number of aromatic amines is 1. The average molecular weight is 276 g/mol. The van der Waals surface area contributed by atoms with Gasteiger partial charge in [-0.15, -0.1) is 0 Å². The fourth-order valence-corrected chi connectivity index (χ4v) is 2.32. The second-order valence-electron chi connectivity index (χ2n) is 4.27. The molecule has 0 bridgehead atoms. The number of nitrogens with one attached hydrogen (secondary N) is 1. The molecular formula is C13H12N2O3S. The fraction of sp³-hybridized carbons (Fsp3) is 0.231. The third kappa shape index (κ3) is 2.58. The highest BCUT2D eigenvalue weighted by atomic mass is 32.2. The van der Waals surface area contributed by atoms with Gasteiger partial charge in [0.1, 0.15) is 17.5 Å². The summed E-state index contributed by atoms with van der Waals surface area (Å²) in [7, 11) is 0. The second kappa shape index (κ2) is 4.97. The van der Waals surface area contributed by atoms with Gasteiger partial charge >= 0.3 is 5.97 Å². The Bertz CT molecular complexity index is 590. The van der Waals surface area contributed by atoms with E-state index in [4.69, 9.17) is 9.84 Å². The summed E-state index contributed by atoms with van der Waals surface area (Å²) in [5.74, 6) is 1.91. The summed E-state index contributed by atoms with van der Waals surface area (Å²) in [5, 5.41) is 15.3. The molecule has 1 saturated heterocycles. The van der Waals surface area contributed by atoms with E-state index in [1.165, 1.54) is 6.07 Å². The predicted molar refractivity (Wildman–Crippen MR) is 72.7 cm³/mol. The average Bonchev–Trinajstić information content (AvgIpc) is 2.84. The van der Waals surface area contributed by atoms with Crippen molar-refractivity contribution in [3.05, 3.63) is 36.0 Å². The molecule has 2 heterocycles. The molecule has 2 aromatic rings. The van der Waals surface area contributed by atoms with E-state index >= 15 is 0 Å². The second-order valence-corrected chi connectivity index (χ2v) is 5.35. The molecule has 1 aliphatic rings. The predicted octanol–water partition coefficient (Wildman–Crippen LogP) is 2.27. The van der Waals surface area contributed by atoms with Crippen LogP contribution in [0.2, 0.25) is 0 Å². The van der Waals surface area contributed by atoms with Gasteiger partial charge in [0, 0.05) is 17.1 Å². The third-order valence-electron chi connectivity index (χ3n) is 2.87. The number of nitrogens with zero attached hydrogens (tertiary/aromatic N) is 1. The smallest absolute Gasteiger partial charge is 0.353 e. The van der Waals surface area contributed by atoms with Gasteiger partial charge in [-0.05, 0) is 30.3 Å². The zero-order chi connectivity index (χ0) is 13.2. The molecule has 0 unspecified atom stereocenters. The standard InChI is InChI=1S/C13H12N2O3S/c16-13(17)12-5-11(14-15-12)8-1-3-9(4-2-8)18-10-6-19-7-10/h1-5,10H,6-7H2,(H,14,15)(H,16,17). The van der Waals surface area contributed by atoms with E-state index in [0.717, 1.165) is 22.8 Å². The van der Waals surface area contributed by atoms with E-state index < -0.39 is 5.97 Å². The summed E-state index contributed by atoms with van der Waals surface area (Å²) in [6.07, 6.45) is 0.319. The summed E-state index contributed by atoms with van der Waals surface area (Å²) >= 11 is 1.88. The number of carbonyl (C=O) groups is 1. The molecule has 0 aliphatic carbocycles. The van der Waals surface area contributed by atoms with Gasteiger partial charge in [0.2, 0.25) is 0 Å². The number of aromatic carboxylic acids is 1. The van der Waals surface area contributed by atoms with E-state index in [0.29, 0.717) is 11.8 Å². The molecule has 3 rings (SSSR count). The van der Waals surface area contributed by atoms with Gasteiger partial charge in [0.05, 0.1) is 5.69 Å². The van der Waals surface area contributed by atoms with Crippen LogP contribution in [0, 0.1) is 0 Å². The van der Waals surface area contributed by atoms with E-state index in [-0.39, 0.29) is 5.69 Å². The van der Waals surface area contributed by atoms with Crippen molar-refractivity contribution in [1.29, 1.82) is 0 Å². The van der Waals surface area contributed by atoms with Crippen LogP contribution in [-0.2, 0) is 0 Å². The Hall–Kier alpha value is -1.95. The van der Waals surface area contributed by atoms with Gasteiger partial charge in [-0.1, -0.05) is 0 Å². The monoisotopic (exact) mass is 276 g/mol. The first-order valence-electron chi connectivity index (χ1n) is 5.86. The number of thioether (sulfide) groups is 1. The maximum Gasteiger partial charge on any atom is 0.353 e. The van der Waals surface area contributed by atoms with Crippen LogP contribution in [0.15, 0.2) is 30.3 Å². The van der Waals surface area contributed by atoms with Gasteiger partial charge < -0.3 is 9.84 Å². The molecule has 2 N–H and O–H groups in total. The number of rotatable bonds is 4. The number of hydrogen-bond donors (Lipinski definition) is 2. The lowest BCUT2D eigenvalue weighted by Gasteiger charge is -2.25. The number of H-pyrrole nitrogens is 1. The van der Waals surface area contributed by atoms with Crippen molar-refractivity contribution in [3.63, 3.8) is 0 Å². The Morgan fingerprint density at radius 2 is 2.11 bits per heavy atom. The van der Waals surface area contributed by atoms with E-state index in [2.05, 4.69) is 10.2 Å². The molecule has 19 heavy (non-hydrogen) atoms. The Balaban J connectivity index is 1.75. The number of carboxylic acid groups (broad SMARTS) is 1. The van der Waals surface area contributed by atoms with Crippen LogP contribution in [-0.4, -0.2) is 38.9 Å². The van der Waals surface area contributed by atoms with Crippen molar-refractivity contribution in [2.24, 2.45) is 0 Å². The highest BCUT2D eigenvalue weighted by molar-refractivity contribution is 8.00. The van der Waals surface area contributed by atoms with Crippen molar-refractivity contribution < 1.29 is 14.6 Å². The molecule has 1 fully saturated rings. The van der Waals surface area contributed by atoms with E-state index in [9.17, 15) is 4.79 Å². The summed E-state index contributed by atoms with van der Waals surface area (Å²) in [6, 6.07) is 9.04. The summed E-state index contributed by atoms with van der Waals surface area (Å²) < 4.78 is 5.74. The molecule has 0 spiro atoms. The van der Waals surface area contributed by atoms with Gasteiger partial charge in [0.15, 0.2) is 0 Å². The van der Waals surface area contributed by atoms with E-state index in [1.807, 2.05) is 36.0 Å². The van der Waals surface area contributed by atoms with Crippen LogP contribution in [0.4, 0.5) is 0 Å². The molecule has 0 saturated carbocycles. The van der Waals surface area contributed by atoms with Crippen molar-refractivity contribution in [3.8, 4) is 17.0 Å². The van der Waals surface area contributed by atoms with E-state index in [1.54, 1.807) is 0 Å². The van der Waals surface area contributed by atoms with Crippen LogP contribution >= 0.6 is 11.8 Å². The molecule has 1 aromatic heterocycles. The first-order valence-corrected chi connectivity index (χ1v) is 7.01. The molecule has 0 atom stereocenters. The maximum absolute atomic E-state index is 10.8. The van der Waals surface area contributed by atoms with Crippen LogP contribution in [0.5, 0.6) is 5.75 Å². The normalized spacial score (nSPS) is 14.9. The van der Waals surface area contributed by atoms with Gasteiger partial charge in [-0.2, -0.15) is 16.9 Å². The van der Waals surface area contributed by atoms with Crippen molar-refractivity contribution in [1.82, 2.24) is 10.2 Å². The number of hydrogen-bond acceptors (Lipinski definition) is 4. The fourth-order valence-electron chi connectivity index (χ4n) is 1.76. The zero-order valence-electron chi connectivity index (χ0n) is 10.00. The summed E-state index contributed by atoms with van der Waals surface area (Å²) in [4.78, 5) is 10.8. The van der Waals surface area contributed by atoms with Gasteiger partial charge in [-0.25, -0.2) is 4.79 Å². The first-order chi connectivity index (χ1) is 9.22. The minimum absolute atomic E-state index is 0.0850. The number of benzene rings is 1. The topological polar surface area (TPSA) is 75.2 Å². The van der Waals surface area contributed by atoms with Crippen molar-refractivity contribution >= 4 is 17.7 Å². The first kappa shape index (κ1) is 12.1. The number of ether oxygens (including phenoxy) is 1. The Morgan fingerprint density at radius 1 is 1.37 bits per heavy atom. The largest absolute Gasteiger partial charge is 0.489 e. The number of carboxylic acids is 1. The Morgan fingerprint density at radius 3 is 2.63 bits per heavy atom. The molecule has 6 heteroatoms. The lowest BCUT2D eigenvalue weighted by atomic mass is 10.1. The zero-order valence-corrected chi connectivity index (χ0v) is 10.8. The molecule has 0 amide bonds. The lowest BCUT2D eigenvalue weighted by molar-refractivity contribution is 0.0690. The lowest BCUT2D eigenvalue weighted by Crippen LogP contribution is -2.30. The number of aromatic nitrogens is 2. The quantitative estimate of drug-likeness (QED) is 0.896. The minimum Gasteiger partial charge on any atom is -0.489 e. The third-order valence-corrected chi connectivity index (χ3v) is 4.08. The van der Waals surface area contributed by atoms with Crippen molar-refractivity contribution in [2.75, 3.05) is 11.5 Å². The Labute approximate surface area is 114 Å². The van der Waals surface area contributed by atoms with Crippen LogP contribution in [0.25, 0.3) is 11.3 Å². The van der Waals surface area contributed by atoms with Gasteiger partial charge in [-0.3, -0.25) is 5.10 Å². The van der Waals surface area contributed by atoms with Crippen LogP contribution in [0.3, 0.4) is 0 Å². The molecule has 98 valence electrons. The molecular weight excluding hydrogens is 264 g/mol. The van der Waals surface area contributed by atoms with Crippen molar-refractivity contribution in [2.45, 2.75) is 6.10 Å². The summed E-state index contributed by atoms with van der Waals surface area (Å²) in [5.41, 5.74) is 1.56. The minimum atomic E-state index is -1.01. The molecule has 1 aromatic carbocycles. The molecule has 0 radical (unpaired) electrons. The van der Waals surface area contributed by atoms with Gasteiger partial charge in [0.25, 0.3) is 0 Å². The highest BCUT2D eigenvalue weighted by Gasteiger charge is 2.19. The maximum atomic E-state index is 10.8. The SMILES string of the molecule is O=C(O)c1cc(-c2ccc(OC3CSC3)cc2)n[nH]1. The molecule has 1 aliphatic heterocycles.